The van der Waals surface area contributed by atoms with Crippen molar-refractivity contribution >= 4 is 24.8 Å². The molecule has 5 nitrogen and oxygen atoms in total. The smallest absolute Gasteiger partial charge is 0.163 e. The van der Waals surface area contributed by atoms with Crippen molar-refractivity contribution in [2.24, 2.45) is 5.92 Å². The van der Waals surface area contributed by atoms with Crippen molar-refractivity contribution in [2.45, 2.75) is 25.3 Å². The third-order valence-corrected chi connectivity index (χ3v) is 4.70. The first-order valence-corrected chi connectivity index (χ1v) is 7.99. The van der Waals surface area contributed by atoms with E-state index in [4.69, 9.17) is 4.74 Å². The molecule has 1 aliphatic heterocycles. The second-order valence-electron chi connectivity index (χ2n) is 6.17. The number of nitriles is 1. The Morgan fingerprint density at radius 2 is 2.00 bits per heavy atom. The Morgan fingerprint density at radius 3 is 2.54 bits per heavy atom. The van der Waals surface area contributed by atoms with E-state index in [0.717, 1.165) is 44.1 Å². The van der Waals surface area contributed by atoms with Crippen LogP contribution >= 0.6 is 24.8 Å². The van der Waals surface area contributed by atoms with Gasteiger partial charge in [-0.2, -0.15) is 5.26 Å². The summed E-state index contributed by atoms with van der Waals surface area (Å²) in [7, 11) is 1.55. The van der Waals surface area contributed by atoms with Crippen LogP contribution in [0.25, 0.3) is 0 Å². The summed E-state index contributed by atoms with van der Waals surface area (Å²) in [6.07, 6.45) is 3.53. The number of aromatic hydroxyl groups is 1. The summed E-state index contributed by atoms with van der Waals surface area (Å²) in [5.41, 5.74) is 1.30. The topological polar surface area (TPSA) is 68.5 Å². The SMILES string of the molecule is COc1ccc(C#N)c([C@H](CC2CC2)N2CCNCC2)c1O.Cl.Cl. The second kappa shape index (κ2) is 9.33. The highest BCUT2D eigenvalue weighted by Crippen LogP contribution is 2.45. The number of piperazine rings is 1. The Hall–Kier alpha value is -1.19. The van der Waals surface area contributed by atoms with E-state index in [1.807, 2.05) is 0 Å². The number of hydrogen-bond donors (Lipinski definition) is 2. The van der Waals surface area contributed by atoms with Crippen molar-refractivity contribution in [1.82, 2.24) is 10.2 Å². The Bertz CT molecular complexity index is 582. The van der Waals surface area contributed by atoms with Crippen LogP contribution in [0.1, 0.15) is 36.4 Å². The Morgan fingerprint density at radius 1 is 1.33 bits per heavy atom. The van der Waals surface area contributed by atoms with E-state index in [2.05, 4.69) is 16.3 Å². The van der Waals surface area contributed by atoms with Gasteiger partial charge < -0.3 is 15.2 Å². The lowest BCUT2D eigenvalue weighted by molar-refractivity contribution is 0.157. The molecule has 7 heteroatoms. The van der Waals surface area contributed by atoms with Crippen molar-refractivity contribution in [1.29, 1.82) is 5.26 Å². The minimum absolute atomic E-state index is 0. The lowest BCUT2D eigenvalue weighted by Crippen LogP contribution is -2.45. The molecule has 1 atom stereocenters. The molecule has 0 unspecified atom stereocenters. The molecule has 24 heavy (non-hydrogen) atoms. The molecule has 2 aliphatic rings. The molecular weight excluding hydrogens is 349 g/mol. The van der Waals surface area contributed by atoms with Gasteiger partial charge in [0.1, 0.15) is 0 Å². The van der Waals surface area contributed by atoms with E-state index in [9.17, 15) is 10.4 Å². The molecule has 134 valence electrons. The molecule has 1 saturated carbocycles. The van der Waals surface area contributed by atoms with E-state index in [-0.39, 0.29) is 36.6 Å². The van der Waals surface area contributed by atoms with Crippen LogP contribution in [0.5, 0.6) is 11.5 Å². The molecule has 1 aromatic rings. The number of nitrogens with zero attached hydrogens (tertiary/aromatic N) is 2. The fraction of sp³-hybridized carbons (Fsp3) is 0.588. The Labute approximate surface area is 155 Å². The number of benzene rings is 1. The molecule has 1 aliphatic carbocycles. The van der Waals surface area contributed by atoms with Gasteiger partial charge in [0.2, 0.25) is 0 Å². The molecule has 2 fully saturated rings. The van der Waals surface area contributed by atoms with Crippen LogP contribution in [0.3, 0.4) is 0 Å². The lowest BCUT2D eigenvalue weighted by atomic mass is 9.93. The Kier molecular flexibility index (Phi) is 8.11. The summed E-state index contributed by atoms with van der Waals surface area (Å²) in [6, 6.07) is 5.77. The summed E-state index contributed by atoms with van der Waals surface area (Å²) < 4.78 is 5.25. The quantitative estimate of drug-likeness (QED) is 0.830. The summed E-state index contributed by atoms with van der Waals surface area (Å²) in [6.45, 7) is 3.79. The predicted molar refractivity (Wildman–Crippen MR) is 98.4 cm³/mol. The number of phenols is 1. The summed E-state index contributed by atoms with van der Waals surface area (Å²) in [4.78, 5) is 2.39. The number of nitrogens with one attached hydrogen (secondary N) is 1. The number of hydrogen-bond acceptors (Lipinski definition) is 5. The average molecular weight is 374 g/mol. The molecule has 1 saturated heterocycles. The van der Waals surface area contributed by atoms with Gasteiger partial charge in [-0.25, -0.2) is 0 Å². The average Bonchev–Trinajstić information content (AvgIpc) is 3.37. The zero-order valence-electron chi connectivity index (χ0n) is 13.8. The van der Waals surface area contributed by atoms with Gasteiger partial charge in [0, 0.05) is 37.8 Å². The van der Waals surface area contributed by atoms with Crippen LogP contribution < -0.4 is 10.1 Å². The van der Waals surface area contributed by atoms with E-state index >= 15 is 0 Å². The molecule has 0 bridgehead atoms. The molecule has 1 aromatic carbocycles. The van der Waals surface area contributed by atoms with Crippen LogP contribution in [-0.4, -0.2) is 43.3 Å². The number of ether oxygens (including phenoxy) is 1. The largest absolute Gasteiger partial charge is 0.504 e. The van der Waals surface area contributed by atoms with E-state index in [0.29, 0.717) is 11.3 Å². The fourth-order valence-electron chi connectivity index (χ4n) is 3.30. The molecule has 0 aromatic heterocycles. The van der Waals surface area contributed by atoms with E-state index in [1.54, 1.807) is 19.2 Å². The molecule has 3 rings (SSSR count). The standard InChI is InChI=1S/C17H23N3O2.2ClH/c1-22-15-5-4-13(11-18)16(17(15)21)14(10-12-2-3-12)20-8-6-19-7-9-20;;/h4-5,12,14,19,21H,2-3,6-10H2,1H3;2*1H/t14-;;/m0../s1. The van der Waals surface area contributed by atoms with Gasteiger partial charge in [0.05, 0.1) is 18.7 Å². The van der Waals surface area contributed by atoms with Crippen molar-refractivity contribution in [3.05, 3.63) is 23.3 Å². The van der Waals surface area contributed by atoms with Gasteiger partial charge in [-0.1, -0.05) is 12.8 Å². The second-order valence-corrected chi connectivity index (χ2v) is 6.17. The maximum atomic E-state index is 10.6. The number of methoxy groups -OCH3 is 1. The van der Waals surface area contributed by atoms with Crippen molar-refractivity contribution in [3.8, 4) is 17.6 Å². The molecule has 0 radical (unpaired) electrons. The molecule has 0 spiro atoms. The van der Waals surface area contributed by atoms with Crippen LogP contribution in [0.4, 0.5) is 0 Å². The lowest BCUT2D eigenvalue weighted by Gasteiger charge is -2.36. The zero-order chi connectivity index (χ0) is 15.5. The maximum Gasteiger partial charge on any atom is 0.163 e. The van der Waals surface area contributed by atoms with Crippen molar-refractivity contribution in [2.75, 3.05) is 33.3 Å². The van der Waals surface area contributed by atoms with Gasteiger partial charge in [-0.05, 0) is 24.5 Å². The number of phenolic OH excluding ortho intramolecular Hbond substituents is 1. The Balaban J connectivity index is 0.00000144. The molecular formula is C17H25Cl2N3O2. The third kappa shape index (κ3) is 4.46. The zero-order valence-corrected chi connectivity index (χ0v) is 15.5. The first-order valence-electron chi connectivity index (χ1n) is 7.99. The molecule has 0 amide bonds. The van der Waals surface area contributed by atoms with E-state index < -0.39 is 0 Å². The maximum absolute atomic E-state index is 10.6. The third-order valence-electron chi connectivity index (χ3n) is 4.70. The first kappa shape index (κ1) is 20.9. The predicted octanol–water partition coefficient (Wildman–Crippen LogP) is 2.86. The van der Waals surface area contributed by atoms with Crippen LogP contribution in [0, 0.1) is 17.2 Å². The van der Waals surface area contributed by atoms with Crippen LogP contribution in [-0.2, 0) is 0 Å². The summed E-state index contributed by atoms with van der Waals surface area (Å²) in [5, 5.41) is 23.4. The van der Waals surface area contributed by atoms with Gasteiger partial charge in [-0.15, -0.1) is 24.8 Å². The fourth-order valence-corrected chi connectivity index (χ4v) is 3.30. The van der Waals surface area contributed by atoms with E-state index in [1.165, 1.54) is 12.8 Å². The first-order chi connectivity index (χ1) is 10.7. The minimum atomic E-state index is 0. The van der Waals surface area contributed by atoms with Crippen LogP contribution in [0.15, 0.2) is 12.1 Å². The highest BCUT2D eigenvalue weighted by atomic mass is 35.5. The van der Waals surface area contributed by atoms with Crippen molar-refractivity contribution in [3.63, 3.8) is 0 Å². The monoisotopic (exact) mass is 373 g/mol. The number of halogens is 2. The molecule has 1 heterocycles. The van der Waals surface area contributed by atoms with Gasteiger partial charge in [0.15, 0.2) is 11.5 Å². The summed E-state index contributed by atoms with van der Waals surface area (Å²) in [5.74, 6) is 1.30. The van der Waals surface area contributed by atoms with Crippen molar-refractivity contribution < 1.29 is 9.84 Å². The normalized spacial score (nSPS) is 18.7. The number of rotatable bonds is 5. The highest BCUT2D eigenvalue weighted by molar-refractivity contribution is 5.85. The molecule has 2 N–H and O–H groups in total. The van der Waals surface area contributed by atoms with Gasteiger partial charge in [0.25, 0.3) is 0 Å². The minimum Gasteiger partial charge on any atom is -0.504 e. The highest BCUT2D eigenvalue weighted by Gasteiger charge is 2.34. The van der Waals surface area contributed by atoms with Gasteiger partial charge >= 0.3 is 0 Å². The van der Waals surface area contributed by atoms with Gasteiger partial charge in [-0.3, -0.25) is 4.90 Å². The van der Waals surface area contributed by atoms with Crippen LogP contribution in [0.2, 0.25) is 0 Å². The summed E-state index contributed by atoms with van der Waals surface area (Å²) >= 11 is 0.